The molecular weight excluding hydrogens is 420 g/mol. The summed E-state index contributed by atoms with van der Waals surface area (Å²) in [6, 6.07) is 5.90. The standard InChI is InChI=1S/C23H23ClN2O3S/c1-23(2)8-7-11-9-16(30-20(11)21(23)25)13-5-6-14-18(17(13)24)26(12-3-4-12)10-15(19(14)27)22(28)29/h5-6,9-10,12,21H,3-4,7-8,25H2,1-2H3,(H,28,29). The molecule has 0 amide bonds. The number of fused-ring (bicyclic) bond motifs is 2. The number of carboxylic acid groups (broad SMARTS) is 1. The lowest BCUT2D eigenvalue weighted by molar-refractivity contribution is 0.0695. The van der Waals surface area contributed by atoms with Crippen molar-refractivity contribution in [2.45, 2.75) is 51.6 Å². The first-order valence-corrected chi connectivity index (χ1v) is 11.4. The Morgan fingerprint density at radius 1 is 1.33 bits per heavy atom. The zero-order valence-corrected chi connectivity index (χ0v) is 18.4. The van der Waals surface area contributed by atoms with E-state index >= 15 is 0 Å². The van der Waals surface area contributed by atoms with Crippen molar-refractivity contribution in [3.05, 3.63) is 55.6 Å². The monoisotopic (exact) mass is 442 g/mol. The lowest BCUT2D eigenvalue weighted by Gasteiger charge is -2.35. The van der Waals surface area contributed by atoms with Crippen molar-refractivity contribution in [1.82, 2.24) is 4.57 Å². The van der Waals surface area contributed by atoms with Crippen LogP contribution in [0.4, 0.5) is 0 Å². The third kappa shape index (κ3) is 2.93. The molecule has 156 valence electrons. The second-order valence-electron chi connectivity index (χ2n) is 9.11. The topological polar surface area (TPSA) is 85.3 Å². The van der Waals surface area contributed by atoms with Crippen LogP contribution >= 0.6 is 22.9 Å². The molecule has 0 aliphatic heterocycles. The van der Waals surface area contributed by atoms with Crippen molar-refractivity contribution >= 4 is 39.8 Å². The highest BCUT2D eigenvalue weighted by molar-refractivity contribution is 7.15. The summed E-state index contributed by atoms with van der Waals surface area (Å²) >= 11 is 8.55. The Labute approximate surface area is 183 Å². The summed E-state index contributed by atoms with van der Waals surface area (Å²) in [5.41, 5.74) is 8.69. The van der Waals surface area contributed by atoms with E-state index in [4.69, 9.17) is 17.3 Å². The predicted molar refractivity (Wildman–Crippen MR) is 121 cm³/mol. The van der Waals surface area contributed by atoms with E-state index in [9.17, 15) is 14.7 Å². The summed E-state index contributed by atoms with van der Waals surface area (Å²) in [6.07, 6.45) is 5.40. The summed E-state index contributed by atoms with van der Waals surface area (Å²) in [5.74, 6) is -1.21. The van der Waals surface area contributed by atoms with Gasteiger partial charge >= 0.3 is 5.97 Å². The van der Waals surface area contributed by atoms with Crippen molar-refractivity contribution in [2.75, 3.05) is 0 Å². The molecule has 2 aliphatic rings. The van der Waals surface area contributed by atoms with E-state index in [-0.39, 0.29) is 23.1 Å². The van der Waals surface area contributed by atoms with Gasteiger partial charge in [-0.15, -0.1) is 11.3 Å². The molecule has 0 bridgehead atoms. The van der Waals surface area contributed by atoms with Crippen LogP contribution in [0.25, 0.3) is 21.3 Å². The van der Waals surface area contributed by atoms with Crippen LogP contribution < -0.4 is 11.2 Å². The molecule has 1 aromatic carbocycles. The average Bonchev–Trinajstić information content (AvgIpc) is 3.44. The molecule has 30 heavy (non-hydrogen) atoms. The van der Waals surface area contributed by atoms with E-state index in [1.807, 2.05) is 10.6 Å². The summed E-state index contributed by atoms with van der Waals surface area (Å²) in [7, 11) is 0. The fourth-order valence-electron chi connectivity index (χ4n) is 4.39. The third-order valence-electron chi connectivity index (χ3n) is 6.57. The molecule has 1 unspecified atom stereocenters. The van der Waals surface area contributed by atoms with Gasteiger partial charge in [0.1, 0.15) is 5.56 Å². The first-order valence-electron chi connectivity index (χ1n) is 10.2. The van der Waals surface area contributed by atoms with E-state index in [0.717, 1.165) is 36.1 Å². The summed E-state index contributed by atoms with van der Waals surface area (Å²) in [6.45, 7) is 4.41. The number of carboxylic acids is 1. The van der Waals surface area contributed by atoms with Crippen molar-refractivity contribution in [3.63, 3.8) is 0 Å². The van der Waals surface area contributed by atoms with Crippen molar-refractivity contribution in [1.29, 1.82) is 0 Å². The van der Waals surface area contributed by atoms with Crippen molar-refractivity contribution < 1.29 is 9.90 Å². The molecule has 2 aromatic heterocycles. The SMILES string of the molecule is CC1(C)CCc2cc(-c3ccc4c(=O)c(C(=O)O)cn(C5CC5)c4c3Cl)sc2C1N. The highest BCUT2D eigenvalue weighted by Gasteiger charge is 2.35. The van der Waals surface area contributed by atoms with Gasteiger partial charge in [0.15, 0.2) is 0 Å². The zero-order chi connectivity index (χ0) is 21.4. The van der Waals surface area contributed by atoms with Gasteiger partial charge < -0.3 is 15.4 Å². The van der Waals surface area contributed by atoms with Gasteiger partial charge in [-0.1, -0.05) is 31.5 Å². The maximum absolute atomic E-state index is 12.8. The van der Waals surface area contributed by atoms with E-state index in [0.29, 0.717) is 15.9 Å². The molecule has 2 heterocycles. The van der Waals surface area contributed by atoms with Gasteiger partial charge in [0, 0.05) is 39.0 Å². The molecule has 5 nitrogen and oxygen atoms in total. The number of aromatic nitrogens is 1. The quantitative estimate of drug-likeness (QED) is 0.569. The molecule has 1 saturated carbocycles. The Bertz CT molecular complexity index is 1270. The van der Waals surface area contributed by atoms with Crippen LogP contribution in [0.3, 0.4) is 0 Å². The van der Waals surface area contributed by atoms with Crippen LogP contribution in [0.15, 0.2) is 29.2 Å². The molecule has 3 aromatic rings. The third-order valence-corrected chi connectivity index (χ3v) is 8.25. The number of halogens is 1. The molecule has 1 atom stereocenters. The van der Waals surface area contributed by atoms with E-state index in [2.05, 4.69) is 19.9 Å². The number of hydrogen-bond donors (Lipinski definition) is 2. The molecular formula is C23H23ClN2O3S. The van der Waals surface area contributed by atoms with Gasteiger partial charge in [-0.2, -0.15) is 0 Å². The Kier molecular flexibility index (Phi) is 4.40. The van der Waals surface area contributed by atoms with Gasteiger partial charge in [-0.05, 0) is 48.8 Å². The minimum absolute atomic E-state index is 0.0120. The number of pyridine rings is 1. The maximum atomic E-state index is 12.8. The Morgan fingerprint density at radius 3 is 2.73 bits per heavy atom. The highest BCUT2D eigenvalue weighted by atomic mass is 35.5. The number of nitrogens with two attached hydrogens (primary N) is 1. The minimum atomic E-state index is -1.21. The normalized spacial score (nSPS) is 20.3. The summed E-state index contributed by atoms with van der Waals surface area (Å²) in [4.78, 5) is 26.6. The number of rotatable bonds is 3. The summed E-state index contributed by atoms with van der Waals surface area (Å²) in [5, 5.41) is 10.3. The largest absolute Gasteiger partial charge is 0.477 e. The lowest BCUT2D eigenvalue weighted by atomic mass is 9.74. The molecule has 1 fully saturated rings. The first kappa shape index (κ1) is 19.8. The average molecular weight is 443 g/mol. The second kappa shape index (κ2) is 6.67. The molecule has 3 N–H and O–H groups in total. The van der Waals surface area contributed by atoms with Crippen LogP contribution in [0.1, 0.15) is 66.0 Å². The Balaban J connectivity index is 1.72. The fourth-order valence-corrected chi connectivity index (χ4v) is 6.27. The number of aryl methyl sites for hydroxylation is 1. The molecule has 0 saturated heterocycles. The van der Waals surface area contributed by atoms with Crippen LogP contribution in [-0.2, 0) is 6.42 Å². The van der Waals surface area contributed by atoms with Gasteiger partial charge in [0.05, 0.1) is 10.5 Å². The molecule has 7 heteroatoms. The smallest absolute Gasteiger partial charge is 0.341 e. The minimum Gasteiger partial charge on any atom is -0.477 e. The molecule has 0 spiro atoms. The van der Waals surface area contributed by atoms with Gasteiger partial charge in [-0.3, -0.25) is 4.79 Å². The number of thiophene rings is 1. The van der Waals surface area contributed by atoms with Gasteiger partial charge in [0.2, 0.25) is 5.43 Å². The zero-order valence-electron chi connectivity index (χ0n) is 16.9. The number of carbonyl (C=O) groups is 1. The van der Waals surface area contributed by atoms with Crippen LogP contribution in [-0.4, -0.2) is 15.6 Å². The Hall–Kier alpha value is -2.15. The summed E-state index contributed by atoms with van der Waals surface area (Å²) < 4.78 is 1.88. The van der Waals surface area contributed by atoms with E-state index in [1.54, 1.807) is 17.4 Å². The molecule has 2 aliphatic carbocycles. The predicted octanol–water partition coefficient (Wildman–Crippen LogP) is 5.39. The lowest BCUT2D eigenvalue weighted by Crippen LogP contribution is -2.32. The van der Waals surface area contributed by atoms with Crippen LogP contribution in [0.2, 0.25) is 5.02 Å². The number of nitrogens with zero attached hydrogens (tertiary/aromatic N) is 1. The first-order chi connectivity index (χ1) is 14.2. The Morgan fingerprint density at radius 2 is 2.07 bits per heavy atom. The van der Waals surface area contributed by atoms with Gasteiger partial charge in [-0.25, -0.2) is 4.79 Å². The van der Waals surface area contributed by atoms with E-state index in [1.165, 1.54) is 16.6 Å². The second-order valence-corrected chi connectivity index (χ2v) is 10.6. The van der Waals surface area contributed by atoms with Crippen molar-refractivity contribution in [2.24, 2.45) is 11.1 Å². The fraction of sp³-hybridized carbons (Fsp3) is 0.391. The van der Waals surface area contributed by atoms with E-state index < -0.39 is 11.4 Å². The van der Waals surface area contributed by atoms with Gasteiger partial charge in [0.25, 0.3) is 0 Å². The molecule has 0 radical (unpaired) electrons. The van der Waals surface area contributed by atoms with Crippen molar-refractivity contribution in [3.8, 4) is 10.4 Å². The number of aromatic carboxylic acids is 1. The molecule has 5 rings (SSSR count). The highest BCUT2D eigenvalue weighted by Crippen LogP contribution is 2.49. The number of benzene rings is 1. The number of hydrogen-bond acceptors (Lipinski definition) is 4. The maximum Gasteiger partial charge on any atom is 0.341 e. The van der Waals surface area contributed by atoms with Crippen LogP contribution in [0.5, 0.6) is 0 Å². The van der Waals surface area contributed by atoms with Crippen LogP contribution in [0, 0.1) is 5.41 Å².